The summed E-state index contributed by atoms with van der Waals surface area (Å²) in [5.74, 6) is -0.198. The van der Waals surface area contributed by atoms with E-state index in [1.807, 2.05) is 17.4 Å². The van der Waals surface area contributed by atoms with Crippen molar-refractivity contribution in [1.82, 2.24) is 9.91 Å². The van der Waals surface area contributed by atoms with Gasteiger partial charge >= 0.3 is 0 Å². The average molecular weight is 332 g/mol. The summed E-state index contributed by atoms with van der Waals surface area (Å²) < 4.78 is 13.7. The third kappa shape index (κ3) is 2.71. The molecule has 23 heavy (non-hydrogen) atoms. The van der Waals surface area contributed by atoms with E-state index in [-0.39, 0.29) is 5.82 Å². The van der Waals surface area contributed by atoms with Gasteiger partial charge in [0.05, 0.1) is 11.4 Å². The van der Waals surface area contributed by atoms with Crippen LogP contribution in [0.4, 0.5) is 20.8 Å². The van der Waals surface area contributed by atoms with Crippen LogP contribution in [0.1, 0.15) is 10.4 Å². The van der Waals surface area contributed by atoms with Crippen LogP contribution in [0.5, 0.6) is 0 Å². The monoisotopic (exact) mass is 332 g/mol. The molecule has 3 heterocycles. The fourth-order valence-corrected chi connectivity index (χ4v) is 4.34. The van der Waals surface area contributed by atoms with E-state index >= 15 is 0 Å². The minimum atomic E-state index is -0.198. The molecule has 1 aromatic heterocycles. The molecule has 0 radical (unpaired) electrons. The van der Waals surface area contributed by atoms with Crippen molar-refractivity contribution >= 4 is 27.7 Å². The molecule has 1 saturated heterocycles. The highest BCUT2D eigenvalue weighted by atomic mass is 32.1. The molecular weight excluding hydrogens is 311 g/mol. The van der Waals surface area contributed by atoms with Gasteiger partial charge < -0.3 is 10.2 Å². The van der Waals surface area contributed by atoms with Crippen molar-refractivity contribution in [3.63, 3.8) is 0 Å². The van der Waals surface area contributed by atoms with E-state index in [1.54, 1.807) is 12.1 Å². The van der Waals surface area contributed by atoms with Crippen molar-refractivity contribution in [3.05, 3.63) is 40.5 Å². The summed E-state index contributed by atoms with van der Waals surface area (Å²) in [4.78, 5) is 3.65. The largest absolute Gasteiger partial charge is 0.379 e. The van der Waals surface area contributed by atoms with Crippen LogP contribution >= 0.6 is 11.3 Å². The zero-order valence-electron chi connectivity index (χ0n) is 13.5. The van der Waals surface area contributed by atoms with E-state index < -0.39 is 0 Å². The Morgan fingerprint density at radius 2 is 1.91 bits per heavy atom. The molecular formula is C17H21FN4S. The molecule has 1 fully saturated rings. The van der Waals surface area contributed by atoms with Gasteiger partial charge in [-0.1, -0.05) is 0 Å². The Morgan fingerprint density at radius 3 is 2.70 bits per heavy atom. The van der Waals surface area contributed by atoms with Crippen molar-refractivity contribution < 1.29 is 4.39 Å². The molecule has 0 bridgehead atoms. The topological polar surface area (TPSA) is 21.8 Å². The lowest BCUT2D eigenvalue weighted by atomic mass is 10.2. The molecule has 2 aliphatic rings. The second kappa shape index (κ2) is 5.78. The van der Waals surface area contributed by atoms with Gasteiger partial charge in [0.25, 0.3) is 0 Å². The lowest BCUT2D eigenvalue weighted by Gasteiger charge is -2.40. The lowest BCUT2D eigenvalue weighted by molar-refractivity contribution is 0.155. The number of thiophene rings is 1. The number of halogens is 1. The molecule has 0 amide bonds. The Kier molecular flexibility index (Phi) is 3.75. The minimum absolute atomic E-state index is 0.198. The van der Waals surface area contributed by atoms with Crippen molar-refractivity contribution in [2.24, 2.45) is 0 Å². The predicted molar refractivity (Wildman–Crippen MR) is 94.0 cm³/mol. The quantitative estimate of drug-likeness (QED) is 0.864. The highest BCUT2D eigenvalue weighted by Crippen LogP contribution is 2.43. The van der Waals surface area contributed by atoms with Crippen LogP contribution in [0.3, 0.4) is 0 Å². The van der Waals surface area contributed by atoms with Crippen molar-refractivity contribution in [2.45, 2.75) is 13.5 Å². The summed E-state index contributed by atoms with van der Waals surface area (Å²) in [6.45, 7) is 6.92. The smallest absolute Gasteiger partial charge is 0.125 e. The molecule has 4 nitrogen and oxygen atoms in total. The summed E-state index contributed by atoms with van der Waals surface area (Å²) in [5, 5.41) is 9.34. The number of benzene rings is 1. The fourth-order valence-electron chi connectivity index (χ4n) is 3.27. The Balaban J connectivity index is 1.81. The Bertz CT molecular complexity index is 721. The first-order valence-corrected chi connectivity index (χ1v) is 8.80. The van der Waals surface area contributed by atoms with Gasteiger partial charge in [-0.15, -0.1) is 11.3 Å². The van der Waals surface area contributed by atoms with Gasteiger partial charge in [-0.05, 0) is 38.2 Å². The summed E-state index contributed by atoms with van der Waals surface area (Å²) in [7, 11) is 2.16. The molecule has 0 unspecified atom stereocenters. The molecule has 122 valence electrons. The molecule has 6 heteroatoms. The number of anilines is 3. The van der Waals surface area contributed by atoms with Crippen molar-refractivity contribution in [3.8, 4) is 0 Å². The maximum absolute atomic E-state index is 13.7. The molecule has 0 saturated carbocycles. The van der Waals surface area contributed by atoms with E-state index in [1.165, 1.54) is 15.4 Å². The number of rotatable bonds is 1. The predicted octanol–water partition coefficient (Wildman–Crippen LogP) is 3.42. The Hall–Kier alpha value is -1.63. The molecule has 2 aliphatic heterocycles. The van der Waals surface area contributed by atoms with Gasteiger partial charge in [0.15, 0.2) is 0 Å². The van der Waals surface area contributed by atoms with Gasteiger partial charge in [-0.3, -0.25) is 5.01 Å². The van der Waals surface area contributed by atoms with Crippen LogP contribution in [-0.4, -0.2) is 43.1 Å². The minimum Gasteiger partial charge on any atom is -0.379 e. The first-order chi connectivity index (χ1) is 11.1. The number of aryl methyl sites for hydroxylation is 1. The number of hydrogen-bond acceptors (Lipinski definition) is 5. The third-order valence-electron chi connectivity index (χ3n) is 4.52. The summed E-state index contributed by atoms with van der Waals surface area (Å²) in [5.41, 5.74) is 3.18. The fraction of sp³-hybridized carbons (Fsp3) is 0.412. The maximum Gasteiger partial charge on any atom is 0.125 e. The lowest BCUT2D eigenvalue weighted by Crippen LogP contribution is -2.51. The van der Waals surface area contributed by atoms with Gasteiger partial charge in [0, 0.05) is 43.2 Å². The number of hydrazine groups is 1. The summed E-state index contributed by atoms with van der Waals surface area (Å²) in [6, 6.07) is 7.27. The molecule has 0 aliphatic carbocycles. The van der Waals surface area contributed by atoms with Crippen LogP contribution in [0.15, 0.2) is 24.3 Å². The average Bonchev–Trinajstić information content (AvgIpc) is 2.83. The van der Waals surface area contributed by atoms with E-state index in [4.69, 9.17) is 0 Å². The normalized spacial score (nSPS) is 19.0. The van der Waals surface area contributed by atoms with Crippen LogP contribution in [-0.2, 0) is 6.54 Å². The highest BCUT2D eigenvalue weighted by molar-refractivity contribution is 7.16. The first-order valence-electron chi connectivity index (χ1n) is 7.98. The maximum atomic E-state index is 13.7. The van der Waals surface area contributed by atoms with Crippen LogP contribution in [0.2, 0.25) is 0 Å². The van der Waals surface area contributed by atoms with Crippen molar-refractivity contribution in [2.75, 3.05) is 43.6 Å². The van der Waals surface area contributed by atoms with Crippen LogP contribution in [0.25, 0.3) is 0 Å². The number of nitrogens with zero attached hydrogens (tertiary/aromatic N) is 3. The number of nitrogens with one attached hydrogen (secondary N) is 1. The van der Waals surface area contributed by atoms with Crippen molar-refractivity contribution in [1.29, 1.82) is 0 Å². The summed E-state index contributed by atoms with van der Waals surface area (Å²) in [6.07, 6.45) is 0. The number of hydrogen-bond donors (Lipinski definition) is 1. The molecule has 0 spiro atoms. The second-order valence-electron chi connectivity index (χ2n) is 6.27. The highest BCUT2D eigenvalue weighted by Gasteiger charge is 2.29. The molecule has 2 aromatic rings. The summed E-state index contributed by atoms with van der Waals surface area (Å²) >= 11 is 1.81. The SMILES string of the molecule is Cc1cc2c(s1)N(N1CCN(C)CC1)c1ccc(F)cc1NC2. The van der Waals surface area contributed by atoms with E-state index in [2.05, 4.69) is 40.3 Å². The first kappa shape index (κ1) is 14.9. The van der Waals surface area contributed by atoms with E-state index in [9.17, 15) is 4.39 Å². The standard InChI is InChI=1S/C17H21FN4S/c1-12-9-13-11-19-15-10-14(18)3-4-16(15)22(17(13)23-12)21-7-5-20(2)6-8-21/h3-4,9-10,19H,5-8,11H2,1-2H3. The third-order valence-corrected chi connectivity index (χ3v) is 5.59. The number of piperazine rings is 1. The zero-order chi connectivity index (χ0) is 16.0. The molecule has 0 atom stereocenters. The number of likely N-dealkylation sites (N-methyl/N-ethyl adjacent to an activating group) is 1. The van der Waals surface area contributed by atoms with Gasteiger partial charge in [0.1, 0.15) is 10.8 Å². The molecule has 4 rings (SSSR count). The van der Waals surface area contributed by atoms with E-state index in [0.29, 0.717) is 0 Å². The van der Waals surface area contributed by atoms with E-state index in [0.717, 1.165) is 44.1 Å². The Labute approximate surface area is 140 Å². The zero-order valence-corrected chi connectivity index (χ0v) is 14.3. The number of fused-ring (bicyclic) bond motifs is 2. The molecule has 1 aromatic carbocycles. The van der Waals surface area contributed by atoms with Crippen LogP contribution < -0.4 is 10.3 Å². The van der Waals surface area contributed by atoms with Gasteiger partial charge in [-0.2, -0.15) is 0 Å². The Morgan fingerprint density at radius 1 is 1.13 bits per heavy atom. The second-order valence-corrected chi connectivity index (χ2v) is 7.51. The molecule has 1 N–H and O–H groups in total. The van der Waals surface area contributed by atoms with Gasteiger partial charge in [0.2, 0.25) is 0 Å². The van der Waals surface area contributed by atoms with Gasteiger partial charge in [-0.25, -0.2) is 9.40 Å². The van der Waals surface area contributed by atoms with Crippen LogP contribution in [0, 0.1) is 12.7 Å².